The van der Waals surface area contributed by atoms with Gasteiger partial charge in [0.05, 0.1) is 31.2 Å². The Morgan fingerprint density at radius 1 is 0.887 bits per heavy atom. The fourth-order valence-electron chi connectivity index (χ4n) is 4.93. The molecule has 2 aromatic rings. The number of aliphatic imine (C=N–C) groups is 2. The Kier molecular flexibility index (Phi) is 30.6. The van der Waals surface area contributed by atoms with Crippen LogP contribution in [0, 0.1) is 0 Å². The molecule has 2 heterocycles. The van der Waals surface area contributed by atoms with Crippen LogP contribution in [0.25, 0.3) is 0 Å². The monoisotopic (exact) mass is 854 g/mol. The maximum absolute atomic E-state index is 10.8. The second-order valence-electron chi connectivity index (χ2n) is 12.9. The minimum Gasteiger partial charge on any atom is -1.00 e. The molecule has 0 bridgehead atoms. The van der Waals surface area contributed by atoms with Crippen LogP contribution < -0.4 is 113 Å². The van der Waals surface area contributed by atoms with Crippen LogP contribution in [0.4, 0.5) is 11.4 Å². The number of esters is 1. The number of hydrogen-bond acceptors (Lipinski definition) is 11. The van der Waals surface area contributed by atoms with Crippen molar-refractivity contribution in [2.24, 2.45) is 9.98 Å². The van der Waals surface area contributed by atoms with Gasteiger partial charge in [0.2, 0.25) is 0 Å². The standard InChI is InChI=1S/C19H27NO3.C11H13NO.C8H15BrO2.CH2O3.2K.H/c1-6-22-23-14(2)9-7-8-12-21-16-10-11-18-17(13-16)19(4,5)15(3)20-18;1-7-11(2,3)9-6-8(13)4-5-10(9)12-7;1-2-11-8(10)6-4-3-5-7-9;2-1-4-3;;;/h10-11,13H,2,6-9,12H2,1,3-5H3;4-6,13H,1-3H3;2-7H2,1H3;1,3H;;;/q;;;;2*+1;-1/p-1. The fourth-order valence-corrected chi connectivity index (χ4v) is 5.32. The number of unbranched alkanes of at least 4 members (excludes halogenated alkanes) is 3. The molecule has 2 aliphatic heterocycles. The fraction of sp³-hybridized carbons (Fsp3) is 0.538. The van der Waals surface area contributed by atoms with E-state index in [1.54, 1.807) is 12.1 Å². The van der Waals surface area contributed by atoms with Gasteiger partial charge < -0.3 is 31.0 Å². The first kappa shape index (κ1) is 54.6. The number of fused-ring (bicyclic) bond motifs is 2. The average molecular weight is 856 g/mol. The van der Waals surface area contributed by atoms with Crippen LogP contribution in [0.2, 0.25) is 0 Å². The summed E-state index contributed by atoms with van der Waals surface area (Å²) < 4.78 is 10.6. The van der Waals surface area contributed by atoms with Gasteiger partial charge in [-0.1, -0.05) is 56.6 Å². The van der Waals surface area contributed by atoms with Crippen LogP contribution in [0.3, 0.4) is 0 Å². The molecule has 0 saturated heterocycles. The predicted octanol–water partition coefficient (Wildman–Crippen LogP) is 2.94. The van der Waals surface area contributed by atoms with E-state index in [4.69, 9.17) is 29.3 Å². The summed E-state index contributed by atoms with van der Waals surface area (Å²) in [6.07, 6.45) is 6.46. The number of allylic oxidation sites excluding steroid dienone is 1. The molecule has 0 saturated carbocycles. The summed E-state index contributed by atoms with van der Waals surface area (Å²) in [6.45, 7) is 21.8. The molecule has 0 atom stereocenters. The summed E-state index contributed by atoms with van der Waals surface area (Å²) in [5.41, 5.74) is 6.61. The molecule has 0 aromatic heterocycles. The summed E-state index contributed by atoms with van der Waals surface area (Å²) >= 11 is 3.33. The number of carbonyl (C=O) groups is 2. The summed E-state index contributed by atoms with van der Waals surface area (Å²) in [5.74, 6) is 1.82. The molecule has 1 N–H and O–H groups in total. The SMILES string of the molecule is C=C(CCCCOc1ccc2c(c1)C(C)(C)C(C)=N2)OOCC.CC1=Nc2ccc(O)cc2C1(C)C.CCOC(=O)CCCCCBr.O=CO[O-].[H-].[K+].[K+]. The molecule has 53 heavy (non-hydrogen) atoms. The summed E-state index contributed by atoms with van der Waals surface area (Å²) in [4.78, 5) is 40.9. The predicted molar refractivity (Wildman–Crippen MR) is 204 cm³/mol. The van der Waals surface area contributed by atoms with E-state index in [1.165, 1.54) is 5.56 Å². The minimum absolute atomic E-state index is 0. The second kappa shape index (κ2) is 29.7. The van der Waals surface area contributed by atoms with Crippen molar-refractivity contribution in [2.45, 2.75) is 111 Å². The van der Waals surface area contributed by atoms with E-state index in [1.807, 2.05) is 39.0 Å². The number of alkyl halides is 1. The molecule has 0 radical (unpaired) electrons. The van der Waals surface area contributed by atoms with E-state index in [2.05, 4.69) is 78.1 Å². The number of ether oxygens (including phenoxy) is 2. The van der Waals surface area contributed by atoms with Crippen molar-refractivity contribution in [1.82, 2.24) is 0 Å². The van der Waals surface area contributed by atoms with Gasteiger partial charge >= 0.3 is 109 Å². The second-order valence-corrected chi connectivity index (χ2v) is 13.6. The molecule has 0 amide bonds. The maximum atomic E-state index is 10.8. The third-order valence-electron chi connectivity index (χ3n) is 8.45. The van der Waals surface area contributed by atoms with Gasteiger partial charge in [-0.25, -0.2) is 0 Å². The third kappa shape index (κ3) is 20.0. The number of hydrogen-bond donors (Lipinski definition) is 1. The van der Waals surface area contributed by atoms with Gasteiger partial charge in [-0.3, -0.25) is 19.6 Å². The Morgan fingerprint density at radius 2 is 1.43 bits per heavy atom. The van der Waals surface area contributed by atoms with E-state index in [0.717, 1.165) is 78.0 Å². The van der Waals surface area contributed by atoms with Crippen molar-refractivity contribution in [3.8, 4) is 11.5 Å². The zero-order chi connectivity index (χ0) is 38.5. The zero-order valence-electron chi connectivity index (χ0n) is 34.5. The molecule has 2 aromatic carbocycles. The first-order valence-corrected chi connectivity index (χ1v) is 18.4. The summed E-state index contributed by atoms with van der Waals surface area (Å²) in [6, 6.07) is 11.5. The van der Waals surface area contributed by atoms with Gasteiger partial charge in [0, 0.05) is 40.4 Å². The van der Waals surface area contributed by atoms with E-state index >= 15 is 0 Å². The van der Waals surface area contributed by atoms with Gasteiger partial charge in [0.25, 0.3) is 6.47 Å². The number of phenolic OH excluding ortho intramolecular Hbond substituents is 1. The van der Waals surface area contributed by atoms with Gasteiger partial charge in [-0.05, 0) is 101 Å². The number of aromatic hydroxyl groups is 1. The van der Waals surface area contributed by atoms with Crippen molar-refractivity contribution in [1.29, 1.82) is 0 Å². The smallest absolute Gasteiger partial charge is 1.00 e. The summed E-state index contributed by atoms with van der Waals surface area (Å²) in [5, 5.41) is 18.8. The first-order valence-electron chi connectivity index (χ1n) is 17.3. The minimum atomic E-state index is -0.181. The van der Waals surface area contributed by atoms with Crippen molar-refractivity contribution in [2.75, 3.05) is 25.2 Å². The van der Waals surface area contributed by atoms with E-state index in [9.17, 15) is 9.90 Å². The number of nitrogens with zero attached hydrogens (tertiary/aromatic N) is 2. The quantitative estimate of drug-likeness (QED) is 0.0394. The largest absolute Gasteiger partial charge is 1.00 e. The number of halogens is 1. The van der Waals surface area contributed by atoms with Crippen molar-refractivity contribution in [3.05, 3.63) is 59.9 Å². The zero-order valence-corrected chi connectivity index (χ0v) is 41.3. The molecule has 14 heteroatoms. The van der Waals surface area contributed by atoms with Crippen molar-refractivity contribution >= 4 is 51.2 Å². The van der Waals surface area contributed by atoms with Gasteiger partial charge in [-0.15, -0.1) is 0 Å². The van der Waals surface area contributed by atoms with Crippen molar-refractivity contribution in [3.63, 3.8) is 0 Å². The molecule has 0 spiro atoms. The van der Waals surface area contributed by atoms with Crippen LogP contribution in [-0.4, -0.2) is 54.1 Å². The first-order chi connectivity index (χ1) is 24.2. The van der Waals surface area contributed by atoms with Crippen LogP contribution in [0.1, 0.15) is 113 Å². The Morgan fingerprint density at radius 3 is 1.96 bits per heavy atom. The third-order valence-corrected chi connectivity index (χ3v) is 9.01. The Hall–Kier alpha value is -0.467. The normalized spacial score (nSPS) is 13.4. The number of rotatable bonds is 16. The van der Waals surface area contributed by atoms with Gasteiger partial charge in [0.15, 0.2) is 0 Å². The van der Waals surface area contributed by atoms with Crippen LogP contribution in [0.15, 0.2) is 58.7 Å². The van der Waals surface area contributed by atoms with Crippen LogP contribution in [0.5, 0.6) is 11.5 Å². The van der Waals surface area contributed by atoms with Gasteiger partial charge in [0.1, 0.15) is 17.3 Å². The van der Waals surface area contributed by atoms with E-state index in [0.29, 0.717) is 37.8 Å². The Balaban J connectivity index is -0.000000718. The van der Waals surface area contributed by atoms with Gasteiger partial charge in [-0.2, -0.15) is 4.89 Å². The molecule has 0 unspecified atom stereocenters. The van der Waals surface area contributed by atoms with Crippen LogP contribution in [-0.2, 0) is 39.8 Å². The molecular formula is C39H57BrK2N2O9. The molecule has 4 rings (SSSR count). The molecule has 0 fully saturated rings. The Labute approximate surface area is 411 Å². The van der Waals surface area contributed by atoms with E-state index < -0.39 is 0 Å². The molecular weight excluding hydrogens is 799 g/mol. The number of phenols is 1. The van der Waals surface area contributed by atoms with Crippen molar-refractivity contribution < 1.29 is 148 Å². The molecule has 0 aliphatic carbocycles. The van der Waals surface area contributed by atoms with E-state index in [-0.39, 0.29) is 127 Å². The number of carbonyl (C=O) groups excluding carboxylic acids is 2. The molecule has 11 nitrogen and oxygen atoms in total. The maximum Gasteiger partial charge on any atom is 1.00 e. The summed E-state index contributed by atoms with van der Waals surface area (Å²) in [7, 11) is 0. The molecule has 286 valence electrons. The number of benzene rings is 2. The Bertz CT molecular complexity index is 1470. The van der Waals surface area contributed by atoms with Crippen LogP contribution >= 0.6 is 15.9 Å². The average Bonchev–Trinajstić information content (AvgIpc) is 3.47. The topological polar surface area (TPSA) is 148 Å². The molecule has 2 aliphatic rings.